The van der Waals surface area contributed by atoms with Gasteiger partial charge >= 0.3 is 0 Å². The molecule has 0 radical (unpaired) electrons. The molecule has 1 aromatic rings. The Kier molecular flexibility index (Phi) is 3.91. The Bertz CT molecular complexity index is 467. The molecule has 2 unspecified atom stereocenters. The highest BCUT2D eigenvalue weighted by molar-refractivity contribution is 5.64. The van der Waals surface area contributed by atoms with Crippen LogP contribution in [0.15, 0.2) is 6.33 Å². The average molecular weight is 277 g/mol. The van der Waals surface area contributed by atoms with Crippen LogP contribution in [0.1, 0.15) is 26.2 Å². The second-order valence-electron chi connectivity index (χ2n) is 5.42. The van der Waals surface area contributed by atoms with Crippen molar-refractivity contribution in [3.8, 4) is 5.75 Å². The third kappa shape index (κ3) is 2.40. The predicted octanol–water partition coefficient (Wildman–Crippen LogP) is 1.57. The molecule has 1 aromatic heterocycles. The Morgan fingerprint density at radius 3 is 2.95 bits per heavy atom. The lowest BCUT2D eigenvalue weighted by molar-refractivity contribution is 0.318. The largest absolute Gasteiger partial charge is 0.490 e. The van der Waals surface area contributed by atoms with Crippen molar-refractivity contribution < 1.29 is 4.74 Å². The van der Waals surface area contributed by atoms with Gasteiger partial charge in [0.25, 0.3) is 0 Å². The Labute approximate surface area is 119 Å². The van der Waals surface area contributed by atoms with Crippen LogP contribution in [0.2, 0.25) is 0 Å². The van der Waals surface area contributed by atoms with Crippen LogP contribution in [0.4, 0.5) is 11.6 Å². The Morgan fingerprint density at radius 1 is 1.30 bits per heavy atom. The molecule has 3 heterocycles. The summed E-state index contributed by atoms with van der Waals surface area (Å²) in [5.41, 5.74) is 0. The standard InChI is InChI=1S/C14H23N5O/c1-3-15-13-12(20-2)14(17-9-16-13)18-10-6-8-19-7-4-5-11(10)19/h9-11H,3-8H2,1-2H3,(H2,15,16,17,18). The van der Waals surface area contributed by atoms with Gasteiger partial charge in [0.2, 0.25) is 5.75 Å². The summed E-state index contributed by atoms with van der Waals surface area (Å²) in [6.45, 7) is 5.29. The summed E-state index contributed by atoms with van der Waals surface area (Å²) in [4.78, 5) is 11.2. The second kappa shape index (κ2) is 5.83. The third-order valence-electron chi connectivity index (χ3n) is 4.28. The maximum atomic E-state index is 5.49. The summed E-state index contributed by atoms with van der Waals surface area (Å²) < 4.78 is 5.49. The SMILES string of the molecule is CCNc1ncnc(NC2CCN3CCCC23)c1OC. The van der Waals surface area contributed by atoms with E-state index in [-0.39, 0.29) is 0 Å². The van der Waals surface area contributed by atoms with E-state index in [4.69, 9.17) is 4.74 Å². The fourth-order valence-corrected chi connectivity index (χ4v) is 3.39. The van der Waals surface area contributed by atoms with Gasteiger partial charge in [-0.15, -0.1) is 0 Å². The van der Waals surface area contributed by atoms with Gasteiger partial charge in [-0.1, -0.05) is 0 Å². The third-order valence-corrected chi connectivity index (χ3v) is 4.28. The number of fused-ring (bicyclic) bond motifs is 1. The molecule has 0 aliphatic carbocycles. The molecule has 0 aromatic carbocycles. The topological polar surface area (TPSA) is 62.3 Å². The van der Waals surface area contributed by atoms with E-state index in [9.17, 15) is 0 Å². The van der Waals surface area contributed by atoms with Crippen molar-refractivity contribution in [3.05, 3.63) is 6.33 Å². The van der Waals surface area contributed by atoms with E-state index in [2.05, 4.69) is 25.5 Å². The fraction of sp³-hybridized carbons (Fsp3) is 0.714. The maximum Gasteiger partial charge on any atom is 0.204 e. The van der Waals surface area contributed by atoms with Crippen molar-refractivity contribution in [2.24, 2.45) is 0 Å². The first-order valence-corrected chi connectivity index (χ1v) is 7.47. The van der Waals surface area contributed by atoms with Gasteiger partial charge in [0.1, 0.15) is 6.33 Å². The lowest BCUT2D eigenvalue weighted by Crippen LogP contribution is -2.34. The molecule has 0 saturated carbocycles. The van der Waals surface area contributed by atoms with Gasteiger partial charge in [-0.2, -0.15) is 0 Å². The van der Waals surface area contributed by atoms with Gasteiger partial charge in [0.05, 0.1) is 7.11 Å². The van der Waals surface area contributed by atoms with Crippen molar-refractivity contribution in [1.82, 2.24) is 14.9 Å². The first-order valence-electron chi connectivity index (χ1n) is 7.47. The average Bonchev–Trinajstić information content (AvgIpc) is 3.04. The first-order chi connectivity index (χ1) is 9.83. The van der Waals surface area contributed by atoms with Crippen LogP contribution < -0.4 is 15.4 Å². The van der Waals surface area contributed by atoms with Crippen molar-refractivity contribution in [3.63, 3.8) is 0 Å². The van der Waals surface area contributed by atoms with E-state index >= 15 is 0 Å². The molecule has 2 aliphatic rings. The smallest absolute Gasteiger partial charge is 0.204 e. The van der Waals surface area contributed by atoms with E-state index in [1.807, 2.05) is 6.92 Å². The van der Waals surface area contributed by atoms with Crippen LogP contribution in [0.5, 0.6) is 5.75 Å². The fourth-order valence-electron chi connectivity index (χ4n) is 3.39. The van der Waals surface area contributed by atoms with Crippen LogP contribution in [-0.4, -0.2) is 53.7 Å². The van der Waals surface area contributed by atoms with Crippen LogP contribution in [0.3, 0.4) is 0 Å². The van der Waals surface area contributed by atoms with Gasteiger partial charge in [0, 0.05) is 25.2 Å². The van der Waals surface area contributed by atoms with Gasteiger partial charge in [0.15, 0.2) is 11.6 Å². The van der Waals surface area contributed by atoms with E-state index in [1.54, 1.807) is 13.4 Å². The number of hydrogen-bond donors (Lipinski definition) is 2. The van der Waals surface area contributed by atoms with Gasteiger partial charge < -0.3 is 15.4 Å². The van der Waals surface area contributed by atoms with Crippen LogP contribution in [0.25, 0.3) is 0 Å². The van der Waals surface area contributed by atoms with E-state index in [0.717, 1.165) is 18.2 Å². The molecule has 0 bridgehead atoms. The Morgan fingerprint density at radius 2 is 2.15 bits per heavy atom. The lowest BCUT2D eigenvalue weighted by Gasteiger charge is -2.23. The minimum absolute atomic E-state index is 0.468. The Hall–Kier alpha value is -1.56. The zero-order valence-electron chi connectivity index (χ0n) is 12.2. The molecule has 6 nitrogen and oxygen atoms in total. The van der Waals surface area contributed by atoms with Gasteiger partial charge in [-0.25, -0.2) is 9.97 Å². The first kappa shape index (κ1) is 13.4. The minimum atomic E-state index is 0.468. The van der Waals surface area contributed by atoms with Crippen LogP contribution in [0, 0.1) is 0 Å². The number of ether oxygens (including phenoxy) is 1. The number of nitrogens with one attached hydrogen (secondary N) is 2. The predicted molar refractivity (Wildman–Crippen MR) is 79.4 cm³/mol. The number of hydrogen-bond acceptors (Lipinski definition) is 6. The van der Waals surface area contributed by atoms with Crippen molar-refractivity contribution in [2.45, 2.75) is 38.3 Å². The van der Waals surface area contributed by atoms with Gasteiger partial charge in [-0.3, -0.25) is 4.90 Å². The monoisotopic (exact) mass is 277 g/mol. The van der Waals surface area contributed by atoms with E-state index in [1.165, 1.54) is 32.4 Å². The van der Waals surface area contributed by atoms with Crippen molar-refractivity contribution >= 4 is 11.6 Å². The number of anilines is 2. The Balaban J connectivity index is 1.78. The quantitative estimate of drug-likeness (QED) is 0.852. The summed E-state index contributed by atoms with van der Waals surface area (Å²) in [6.07, 6.45) is 5.36. The number of methoxy groups -OCH3 is 1. The number of aromatic nitrogens is 2. The highest BCUT2D eigenvalue weighted by Crippen LogP contribution is 2.34. The maximum absolute atomic E-state index is 5.49. The summed E-state index contributed by atoms with van der Waals surface area (Å²) in [5.74, 6) is 2.27. The van der Waals surface area contributed by atoms with Crippen LogP contribution >= 0.6 is 0 Å². The molecule has 3 rings (SSSR count). The molecular formula is C14H23N5O. The van der Waals surface area contributed by atoms with Crippen molar-refractivity contribution in [2.75, 3.05) is 37.4 Å². The van der Waals surface area contributed by atoms with Crippen LogP contribution in [-0.2, 0) is 0 Å². The lowest BCUT2D eigenvalue weighted by atomic mass is 10.1. The summed E-state index contributed by atoms with van der Waals surface area (Å²) in [6, 6.07) is 1.12. The van der Waals surface area contributed by atoms with E-state index in [0.29, 0.717) is 17.8 Å². The molecular weight excluding hydrogens is 254 g/mol. The normalized spacial score (nSPS) is 25.5. The molecule has 0 spiro atoms. The van der Waals surface area contributed by atoms with Crippen molar-refractivity contribution in [1.29, 1.82) is 0 Å². The molecule has 2 atom stereocenters. The molecule has 2 N–H and O–H groups in total. The minimum Gasteiger partial charge on any atom is -0.490 e. The molecule has 6 heteroatoms. The second-order valence-corrected chi connectivity index (χ2v) is 5.42. The zero-order chi connectivity index (χ0) is 13.9. The molecule has 2 fully saturated rings. The molecule has 20 heavy (non-hydrogen) atoms. The van der Waals surface area contributed by atoms with Gasteiger partial charge in [-0.05, 0) is 32.7 Å². The number of rotatable bonds is 5. The zero-order valence-corrected chi connectivity index (χ0v) is 12.2. The summed E-state index contributed by atoms with van der Waals surface area (Å²) in [7, 11) is 1.67. The number of nitrogens with zero attached hydrogens (tertiary/aromatic N) is 3. The molecule has 110 valence electrons. The molecule has 0 amide bonds. The summed E-state index contributed by atoms with van der Waals surface area (Å²) in [5, 5.41) is 6.78. The highest BCUT2D eigenvalue weighted by atomic mass is 16.5. The highest BCUT2D eigenvalue weighted by Gasteiger charge is 2.37. The van der Waals surface area contributed by atoms with E-state index < -0.39 is 0 Å². The molecule has 2 aliphatic heterocycles. The summed E-state index contributed by atoms with van der Waals surface area (Å²) >= 11 is 0. The molecule has 2 saturated heterocycles.